The van der Waals surface area contributed by atoms with Crippen molar-refractivity contribution in [3.63, 3.8) is 0 Å². The molecule has 0 bridgehead atoms. The highest BCUT2D eigenvalue weighted by Crippen LogP contribution is 2.07. The first kappa shape index (κ1) is 12.7. The second kappa shape index (κ2) is 6.26. The van der Waals surface area contributed by atoms with Crippen molar-refractivity contribution in [2.75, 3.05) is 0 Å². The zero-order chi connectivity index (χ0) is 12.8. The number of aliphatic hydroxyl groups excluding tert-OH is 1. The average molecular weight is 246 g/mol. The molecule has 2 aromatic heterocycles. The summed E-state index contributed by atoms with van der Waals surface area (Å²) in [5.41, 5.74) is 1.01. The van der Waals surface area contributed by atoms with E-state index >= 15 is 0 Å². The van der Waals surface area contributed by atoms with Gasteiger partial charge in [-0.1, -0.05) is 6.07 Å². The molecule has 0 aliphatic rings. The quantitative estimate of drug-likeness (QED) is 0.832. The summed E-state index contributed by atoms with van der Waals surface area (Å²) in [7, 11) is 0. The Hall–Kier alpha value is -1.75. The van der Waals surface area contributed by atoms with Crippen LogP contribution in [0.4, 0.5) is 0 Å². The molecule has 5 nitrogen and oxygen atoms in total. The summed E-state index contributed by atoms with van der Waals surface area (Å²) in [6, 6.07) is 5.83. The maximum absolute atomic E-state index is 9.99. The van der Waals surface area contributed by atoms with E-state index in [0.29, 0.717) is 12.8 Å². The zero-order valence-electron chi connectivity index (χ0n) is 10.5. The van der Waals surface area contributed by atoms with Crippen LogP contribution in [0, 0.1) is 0 Å². The van der Waals surface area contributed by atoms with Gasteiger partial charge in [0.15, 0.2) is 0 Å². The Morgan fingerprint density at radius 2 is 2.22 bits per heavy atom. The van der Waals surface area contributed by atoms with Gasteiger partial charge in [-0.05, 0) is 31.9 Å². The third-order valence-electron chi connectivity index (χ3n) is 2.87. The van der Waals surface area contributed by atoms with Crippen LogP contribution in [0.5, 0.6) is 0 Å². The van der Waals surface area contributed by atoms with Gasteiger partial charge in [0.05, 0.1) is 6.10 Å². The first-order chi connectivity index (χ1) is 8.79. The lowest BCUT2D eigenvalue weighted by Crippen LogP contribution is -2.16. The molecule has 5 heteroatoms. The summed E-state index contributed by atoms with van der Waals surface area (Å²) in [4.78, 5) is 8.40. The number of aryl methyl sites for hydroxylation is 2. The molecule has 96 valence electrons. The molecule has 0 aromatic carbocycles. The molecule has 2 rings (SSSR count). The van der Waals surface area contributed by atoms with Crippen LogP contribution in [0.3, 0.4) is 0 Å². The van der Waals surface area contributed by atoms with E-state index in [1.54, 1.807) is 6.20 Å². The minimum absolute atomic E-state index is 0.401. The van der Waals surface area contributed by atoms with Crippen molar-refractivity contribution < 1.29 is 5.11 Å². The molecule has 0 saturated heterocycles. The van der Waals surface area contributed by atoms with Gasteiger partial charge >= 0.3 is 0 Å². The van der Waals surface area contributed by atoms with Gasteiger partial charge in [0.25, 0.3) is 0 Å². The Labute approximate surface area is 107 Å². The van der Waals surface area contributed by atoms with E-state index in [0.717, 1.165) is 24.5 Å². The van der Waals surface area contributed by atoms with E-state index < -0.39 is 6.10 Å². The van der Waals surface area contributed by atoms with Crippen LogP contribution >= 0.6 is 0 Å². The predicted molar refractivity (Wildman–Crippen MR) is 68.0 cm³/mol. The second-order valence-corrected chi connectivity index (χ2v) is 4.21. The zero-order valence-corrected chi connectivity index (χ0v) is 10.5. The normalized spacial score (nSPS) is 12.6. The van der Waals surface area contributed by atoms with Crippen LogP contribution in [0.15, 0.2) is 30.7 Å². The number of aliphatic hydroxyl groups is 1. The molecule has 2 aromatic rings. The van der Waals surface area contributed by atoms with Crippen molar-refractivity contribution in [3.8, 4) is 0 Å². The summed E-state index contributed by atoms with van der Waals surface area (Å²) in [5, 5.41) is 14.1. The number of rotatable bonds is 6. The summed E-state index contributed by atoms with van der Waals surface area (Å²) in [6.07, 6.45) is 4.91. The molecule has 1 N–H and O–H groups in total. The van der Waals surface area contributed by atoms with E-state index in [1.165, 1.54) is 6.33 Å². The smallest absolute Gasteiger partial charge is 0.138 e. The lowest BCUT2D eigenvalue weighted by Gasteiger charge is -2.10. The van der Waals surface area contributed by atoms with E-state index in [-0.39, 0.29) is 0 Å². The van der Waals surface area contributed by atoms with Gasteiger partial charge in [-0.25, -0.2) is 4.98 Å². The van der Waals surface area contributed by atoms with Crippen molar-refractivity contribution in [2.24, 2.45) is 0 Å². The van der Waals surface area contributed by atoms with Crippen LogP contribution < -0.4 is 0 Å². The molecule has 0 fully saturated rings. The molecule has 0 saturated carbocycles. The fourth-order valence-electron chi connectivity index (χ4n) is 1.88. The minimum Gasteiger partial charge on any atom is -0.393 e. The predicted octanol–water partition coefficient (Wildman–Crippen LogP) is 1.23. The van der Waals surface area contributed by atoms with Crippen LogP contribution in [-0.4, -0.2) is 31.0 Å². The minimum atomic E-state index is -0.401. The third-order valence-corrected chi connectivity index (χ3v) is 2.87. The molecule has 18 heavy (non-hydrogen) atoms. The van der Waals surface area contributed by atoms with Crippen LogP contribution in [0.25, 0.3) is 0 Å². The van der Waals surface area contributed by atoms with Gasteiger partial charge in [-0.2, -0.15) is 5.10 Å². The third kappa shape index (κ3) is 3.37. The summed E-state index contributed by atoms with van der Waals surface area (Å²) >= 11 is 0. The molecule has 1 atom stereocenters. The molecule has 0 spiro atoms. The average Bonchev–Trinajstić information content (AvgIpc) is 2.85. The molecule has 0 amide bonds. The highest BCUT2D eigenvalue weighted by atomic mass is 16.3. The van der Waals surface area contributed by atoms with E-state index in [2.05, 4.69) is 15.1 Å². The SMILES string of the molecule is CCn1ncnc1CC(O)CCc1ccccn1. The summed E-state index contributed by atoms with van der Waals surface area (Å²) in [6.45, 7) is 2.79. The first-order valence-corrected chi connectivity index (χ1v) is 6.24. The largest absolute Gasteiger partial charge is 0.393 e. The fourth-order valence-corrected chi connectivity index (χ4v) is 1.88. The maximum Gasteiger partial charge on any atom is 0.138 e. The molecule has 1 unspecified atom stereocenters. The molecule has 0 radical (unpaired) electrons. The van der Waals surface area contributed by atoms with Gasteiger partial charge in [0.2, 0.25) is 0 Å². The van der Waals surface area contributed by atoms with Gasteiger partial charge in [-0.3, -0.25) is 9.67 Å². The Bertz CT molecular complexity index is 469. The molecular weight excluding hydrogens is 228 g/mol. The Morgan fingerprint density at radius 1 is 1.33 bits per heavy atom. The number of pyridine rings is 1. The summed E-state index contributed by atoms with van der Waals surface area (Å²) in [5.74, 6) is 0.839. The van der Waals surface area contributed by atoms with E-state index in [4.69, 9.17) is 0 Å². The number of hydrogen-bond donors (Lipinski definition) is 1. The second-order valence-electron chi connectivity index (χ2n) is 4.21. The van der Waals surface area contributed by atoms with Crippen molar-refractivity contribution >= 4 is 0 Å². The van der Waals surface area contributed by atoms with Crippen molar-refractivity contribution in [1.29, 1.82) is 0 Å². The standard InChI is InChI=1S/C13H18N4O/c1-2-17-13(15-10-16-17)9-12(18)7-6-11-5-3-4-8-14-11/h3-5,8,10,12,18H,2,6-7,9H2,1H3. The molecular formula is C13H18N4O. The topological polar surface area (TPSA) is 63.8 Å². The Morgan fingerprint density at radius 3 is 2.94 bits per heavy atom. The van der Waals surface area contributed by atoms with E-state index in [9.17, 15) is 5.11 Å². The molecule has 2 heterocycles. The maximum atomic E-state index is 9.99. The van der Waals surface area contributed by atoms with Gasteiger partial charge in [-0.15, -0.1) is 0 Å². The van der Waals surface area contributed by atoms with Crippen LogP contribution in [-0.2, 0) is 19.4 Å². The lowest BCUT2D eigenvalue weighted by atomic mass is 10.1. The van der Waals surface area contributed by atoms with Gasteiger partial charge < -0.3 is 5.11 Å². The van der Waals surface area contributed by atoms with Crippen molar-refractivity contribution in [1.82, 2.24) is 19.7 Å². The number of aromatic nitrogens is 4. The molecule has 0 aliphatic carbocycles. The van der Waals surface area contributed by atoms with Crippen LogP contribution in [0.1, 0.15) is 24.9 Å². The van der Waals surface area contributed by atoms with E-state index in [1.807, 2.05) is 29.8 Å². The number of hydrogen-bond acceptors (Lipinski definition) is 4. The highest BCUT2D eigenvalue weighted by Gasteiger charge is 2.10. The first-order valence-electron chi connectivity index (χ1n) is 6.24. The Balaban J connectivity index is 1.84. The monoisotopic (exact) mass is 246 g/mol. The van der Waals surface area contributed by atoms with Gasteiger partial charge in [0.1, 0.15) is 12.2 Å². The lowest BCUT2D eigenvalue weighted by molar-refractivity contribution is 0.161. The van der Waals surface area contributed by atoms with Crippen LogP contribution in [0.2, 0.25) is 0 Å². The highest BCUT2D eigenvalue weighted by molar-refractivity contribution is 5.03. The fraction of sp³-hybridized carbons (Fsp3) is 0.462. The van der Waals surface area contributed by atoms with Crippen molar-refractivity contribution in [2.45, 2.75) is 38.8 Å². The number of nitrogens with zero attached hydrogens (tertiary/aromatic N) is 4. The molecule has 0 aliphatic heterocycles. The van der Waals surface area contributed by atoms with Gasteiger partial charge in [0, 0.05) is 24.9 Å². The summed E-state index contributed by atoms with van der Waals surface area (Å²) < 4.78 is 1.81. The van der Waals surface area contributed by atoms with Crippen molar-refractivity contribution in [3.05, 3.63) is 42.2 Å². The Kier molecular flexibility index (Phi) is 4.41.